The topological polar surface area (TPSA) is 181 Å². The number of aliphatic hydroxyl groups is 2. The number of hydrogen-bond donors (Lipinski definition) is 6. The van der Waals surface area contributed by atoms with E-state index in [2.05, 4.69) is 78.8 Å². The Bertz CT molecular complexity index is 1490. The average molecular weight is 629 g/mol. The first kappa shape index (κ1) is 33.5. The number of thioether (sulfide) groups is 1. The number of carboxylic acids is 3. The van der Waals surface area contributed by atoms with Crippen LogP contribution in [0.4, 0.5) is 0 Å². The maximum Gasteiger partial charge on any atom is 0.336 e. The summed E-state index contributed by atoms with van der Waals surface area (Å²) in [7, 11) is 4.18. The first-order valence-corrected chi connectivity index (χ1v) is 15.6. The maximum absolute atomic E-state index is 12.0. The lowest BCUT2D eigenvalue weighted by Crippen LogP contribution is -2.52. The lowest BCUT2D eigenvalue weighted by molar-refractivity contribution is -0.170. The molecule has 2 aliphatic rings. The Morgan fingerprint density at radius 2 is 1.66 bits per heavy atom. The molecule has 1 aliphatic heterocycles. The summed E-state index contributed by atoms with van der Waals surface area (Å²) in [6.45, 7) is 1.56. The SMILES string of the molecule is CSc1ccc(C2(O)CCC3(CC2CN(C)C)OCCc2c3[nH]c3ccccc23)cc1.O=C(O)CC(O)(CC(=O)O)C(=O)O. The zero-order valence-electron chi connectivity index (χ0n) is 25.1. The van der Waals surface area contributed by atoms with Gasteiger partial charge in [0.25, 0.3) is 0 Å². The number of aromatic nitrogens is 1. The number of rotatable bonds is 9. The van der Waals surface area contributed by atoms with Crippen LogP contribution in [0.15, 0.2) is 53.4 Å². The fourth-order valence-corrected chi connectivity index (χ4v) is 6.93. The molecule has 0 radical (unpaired) electrons. The molecule has 3 atom stereocenters. The van der Waals surface area contributed by atoms with E-state index in [4.69, 9.17) is 25.2 Å². The predicted octanol–water partition coefficient (Wildman–Crippen LogP) is 3.66. The van der Waals surface area contributed by atoms with Crippen LogP contribution in [-0.2, 0) is 36.7 Å². The molecule has 1 fully saturated rings. The number of nitrogens with zero attached hydrogens (tertiary/aromatic N) is 1. The molecule has 0 saturated heterocycles. The van der Waals surface area contributed by atoms with Gasteiger partial charge in [0.2, 0.25) is 0 Å². The number of nitrogens with one attached hydrogen (secondary N) is 1. The molecule has 1 aliphatic carbocycles. The zero-order valence-corrected chi connectivity index (χ0v) is 25.9. The van der Waals surface area contributed by atoms with Crippen LogP contribution in [0.2, 0.25) is 0 Å². The number of fused-ring (bicyclic) bond motifs is 4. The van der Waals surface area contributed by atoms with E-state index < -0.39 is 42.0 Å². The molecule has 0 amide bonds. The van der Waals surface area contributed by atoms with E-state index in [9.17, 15) is 19.5 Å². The Kier molecular flexibility index (Phi) is 10.1. The largest absolute Gasteiger partial charge is 0.481 e. The van der Waals surface area contributed by atoms with Crippen LogP contribution in [0.25, 0.3) is 10.9 Å². The van der Waals surface area contributed by atoms with Gasteiger partial charge < -0.3 is 40.2 Å². The summed E-state index contributed by atoms with van der Waals surface area (Å²) in [4.78, 5) is 37.6. The molecule has 2 heterocycles. The highest BCUT2D eigenvalue weighted by molar-refractivity contribution is 7.98. The number of H-pyrrole nitrogens is 1. The first-order chi connectivity index (χ1) is 20.7. The van der Waals surface area contributed by atoms with Crippen molar-refractivity contribution in [3.8, 4) is 0 Å². The second-order valence-electron chi connectivity index (χ2n) is 11.9. The summed E-state index contributed by atoms with van der Waals surface area (Å²) < 4.78 is 6.58. The third-order valence-corrected chi connectivity index (χ3v) is 9.37. The summed E-state index contributed by atoms with van der Waals surface area (Å²) in [5.41, 5.74) is 0.925. The van der Waals surface area contributed by atoms with Gasteiger partial charge in [-0.25, -0.2) is 4.79 Å². The van der Waals surface area contributed by atoms with Crippen molar-refractivity contribution < 1.29 is 44.7 Å². The smallest absolute Gasteiger partial charge is 0.336 e. The summed E-state index contributed by atoms with van der Waals surface area (Å²) in [6, 6.07) is 17.1. The number of hydrogen-bond acceptors (Lipinski definition) is 8. The quantitative estimate of drug-likeness (QED) is 0.190. The molecule has 238 valence electrons. The standard InChI is InChI=1S/C26H32N2O2S.C6H8O7/c1-28(2)17-19-16-25(13-14-26(19,29)18-8-10-20(31-3)11-9-18)24-22(12-15-30-25)21-6-4-5-7-23(21)27-24;7-3(8)1-6(13,5(11)12)2-4(9)10/h4-11,19,27,29H,12-17H2,1-3H3;13H,1-2H2,(H,7,8)(H,9,10)(H,11,12). The minimum Gasteiger partial charge on any atom is -0.481 e. The zero-order chi connectivity index (χ0) is 32.3. The van der Waals surface area contributed by atoms with Crippen LogP contribution in [0.5, 0.6) is 0 Å². The minimum absolute atomic E-state index is 0.0775. The monoisotopic (exact) mass is 628 g/mol. The fourth-order valence-electron chi connectivity index (χ4n) is 6.52. The Morgan fingerprint density at radius 1 is 1.02 bits per heavy atom. The van der Waals surface area contributed by atoms with Crippen LogP contribution >= 0.6 is 11.8 Å². The molecule has 2 aromatic carbocycles. The molecule has 3 aromatic rings. The van der Waals surface area contributed by atoms with E-state index in [0.29, 0.717) is 6.42 Å². The molecule has 5 rings (SSSR count). The lowest BCUT2D eigenvalue weighted by Gasteiger charge is -2.51. The Balaban J connectivity index is 0.000000289. The van der Waals surface area contributed by atoms with E-state index in [1.54, 1.807) is 11.8 Å². The number of para-hydroxylation sites is 1. The van der Waals surface area contributed by atoms with Gasteiger partial charge in [-0.3, -0.25) is 9.59 Å². The number of carboxylic acid groups (broad SMARTS) is 3. The number of aromatic amines is 1. The van der Waals surface area contributed by atoms with Crippen LogP contribution in [0, 0.1) is 5.92 Å². The normalized spacial score (nSPS) is 23.2. The van der Waals surface area contributed by atoms with Crippen molar-refractivity contribution in [2.75, 3.05) is 33.5 Å². The van der Waals surface area contributed by atoms with Crippen molar-refractivity contribution in [1.82, 2.24) is 9.88 Å². The molecular weight excluding hydrogens is 588 g/mol. The second-order valence-corrected chi connectivity index (χ2v) is 12.8. The van der Waals surface area contributed by atoms with E-state index in [0.717, 1.165) is 38.0 Å². The first-order valence-electron chi connectivity index (χ1n) is 14.4. The molecule has 1 saturated carbocycles. The Hall–Kier alpha value is -3.42. The molecule has 12 heteroatoms. The van der Waals surface area contributed by atoms with Crippen LogP contribution in [0.1, 0.15) is 48.9 Å². The predicted molar refractivity (Wildman–Crippen MR) is 165 cm³/mol. The number of ether oxygens (including phenoxy) is 1. The molecule has 3 unspecified atom stereocenters. The van der Waals surface area contributed by atoms with E-state index in [-0.39, 0.29) is 11.5 Å². The summed E-state index contributed by atoms with van der Waals surface area (Å²) in [6.07, 6.45) is 3.06. The molecule has 44 heavy (non-hydrogen) atoms. The van der Waals surface area contributed by atoms with Gasteiger partial charge in [-0.1, -0.05) is 30.3 Å². The molecule has 0 bridgehead atoms. The maximum atomic E-state index is 12.0. The van der Waals surface area contributed by atoms with Crippen molar-refractivity contribution in [1.29, 1.82) is 0 Å². The Morgan fingerprint density at radius 3 is 2.23 bits per heavy atom. The van der Waals surface area contributed by atoms with Crippen molar-refractivity contribution in [3.63, 3.8) is 0 Å². The van der Waals surface area contributed by atoms with Gasteiger partial charge in [-0.2, -0.15) is 0 Å². The number of aliphatic carboxylic acids is 3. The van der Waals surface area contributed by atoms with Crippen molar-refractivity contribution in [2.45, 2.75) is 60.2 Å². The van der Waals surface area contributed by atoms with E-state index in [1.807, 2.05) is 0 Å². The molecule has 1 aromatic heterocycles. The van der Waals surface area contributed by atoms with Crippen LogP contribution < -0.4 is 0 Å². The van der Waals surface area contributed by atoms with Gasteiger partial charge in [0.1, 0.15) is 5.60 Å². The minimum atomic E-state index is -2.74. The molecule has 11 nitrogen and oxygen atoms in total. The third kappa shape index (κ3) is 6.94. The van der Waals surface area contributed by atoms with Gasteiger partial charge in [-0.15, -0.1) is 11.8 Å². The molecule has 6 N–H and O–H groups in total. The molecule has 1 spiro atoms. The van der Waals surface area contributed by atoms with Gasteiger partial charge in [0.15, 0.2) is 5.60 Å². The Labute approximate surface area is 259 Å². The molecular formula is C32H40N2O9S. The number of carbonyl (C=O) groups is 3. The summed E-state index contributed by atoms with van der Waals surface area (Å²) >= 11 is 1.73. The average Bonchev–Trinajstić information content (AvgIpc) is 3.35. The second kappa shape index (κ2) is 13.3. The van der Waals surface area contributed by atoms with Crippen molar-refractivity contribution >= 4 is 40.6 Å². The summed E-state index contributed by atoms with van der Waals surface area (Å²) in [5, 5.41) is 47.1. The lowest BCUT2D eigenvalue weighted by atomic mass is 9.64. The van der Waals surface area contributed by atoms with E-state index >= 15 is 0 Å². The highest BCUT2D eigenvalue weighted by atomic mass is 32.2. The highest BCUT2D eigenvalue weighted by Gasteiger charge is 2.53. The van der Waals surface area contributed by atoms with E-state index in [1.165, 1.54) is 27.1 Å². The summed E-state index contributed by atoms with van der Waals surface area (Å²) in [5.74, 6) is -4.94. The highest BCUT2D eigenvalue weighted by Crippen LogP contribution is 2.53. The van der Waals surface area contributed by atoms with Gasteiger partial charge in [-0.05, 0) is 75.4 Å². The van der Waals surface area contributed by atoms with Crippen LogP contribution in [0.3, 0.4) is 0 Å². The fraction of sp³-hybridized carbons (Fsp3) is 0.469. The van der Waals surface area contributed by atoms with Crippen molar-refractivity contribution in [3.05, 3.63) is 65.4 Å². The van der Waals surface area contributed by atoms with Gasteiger partial charge in [0.05, 0.1) is 30.7 Å². The third-order valence-electron chi connectivity index (χ3n) is 8.62. The van der Waals surface area contributed by atoms with Gasteiger partial charge >= 0.3 is 17.9 Å². The van der Waals surface area contributed by atoms with Crippen molar-refractivity contribution in [2.24, 2.45) is 5.92 Å². The van der Waals surface area contributed by atoms with Gasteiger partial charge in [0, 0.05) is 28.3 Å². The van der Waals surface area contributed by atoms with Crippen LogP contribution in [-0.4, -0.2) is 92.4 Å². The number of benzene rings is 2.